The summed E-state index contributed by atoms with van der Waals surface area (Å²) in [7, 11) is 3.19. The zero-order valence-electron chi connectivity index (χ0n) is 15.5. The summed E-state index contributed by atoms with van der Waals surface area (Å²) in [6.07, 6.45) is 2.27. The Kier molecular flexibility index (Phi) is 6.87. The molecule has 0 aliphatic heterocycles. The smallest absolute Gasteiger partial charge is 0.224 e. The van der Waals surface area contributed by atoms with Gasteiger partial charge in [0.25, 0.3) is 0 Å². The number of amides is 1. The van der Waals surface area contributed by atoms with Gasteiger partial charge in [-0.2, -0.15) is 0 Å². The second kappa shape index (κ2) is 9.11. The molecule has 0 aliphatic carbocycles. The number of methoxy groups -OCH3 is 2. The Labute approximate surface area is 150 Å². The number of benzene rings is 2. The largest absolute Gasteiger partial charge is 0.493 e. The number of ether oxygens (including phenoxy) is 2. The van der Waals surface area contributed by atoms with E-state index in [1.807, 2.05) is 18.2 Å². The Hall–Kier alpha value is -2.49. The van der Waals surface area contributed by atoms with Crippen molar-refractivity contribution in [2.45, 2.75) is 39.7 Å². The van der Waals surface area contributed by atoms with Crippen LogP contribution in [0.1, 0.15) is 36.1 Å². The molecule has 0 heterocycles. The molecule has 0 spiro atoms. The number of carbonyl (C=O) groups is 1. The van der Waals surface area contributed by atoms with Crippen LogP contribution in [0.5, 0.6) is 11.5 Å². The van der Waals surface area contributed by atoms with E-state index in [1.165, 1.54) is 16.7 Å². The Morgan fingerprint density at radius 3 is 2.24 bits per heavy atom. The minimum atomic E-state index is -0.00354. The van der Waals surface area contributed by atoms with E-state index >= 15 is 0 Å². The fourth-order valence-electron chi connectivity index (χ4n) is 2.84. The van der Waals surface area contributed by atoms with Gasteiger partial charge < -0.3 is 14.8 Å². The van der Waals surface area contributed by atoms with Crippen LogP contribution in [-0.4, -0.2) is 20.1 Å². The maximum atomic E-state index is 12.3. The second-order valence-corrected chi connectivity index (χ2v) is 5.95. The topological polar surface area (TPSA) is 47.6 Å². The Morgan fingerprint density at radius 1 is 0.880 bits per heavy atom. The summed E-state index contributed by atoms with van der Waals surface area (Å²) >= 11 is 0. The summed E-state index contributed by atoms with van der Waals surface area (Å²) in [5.74, 6) is 1.29. The van der Waals surface area contributed by atoms with Gasteiger partial charge in [-0.15, -0.1) is 0 Å². The molecule has 2 aromatic carbocycles. The van der Waals surface area contributed by atoms with Crippen molar-refractivity contribution < 1.29 is 14.3 Å². The lowest BCUT2D eigenvalue weighted by molar-refractivity contribution is -0.120. The van der Waals surface area contributed by atoms with E-state index in [0.29, 0.717) is 24.5 Å². The molecule has 0 saturated carbocycles. The first-order valence-corrected chi connectivity index (χ1v) is 8.69. The molecular weight excluding hydrogens is 314 g/mol. The number of nitrogens with one attached hydrogen (secondary N) is 1. The van der Waals surface area contributed by atoms with E-state index in [9.17, 15) is 4.79 Å². The lowest BCUT2D eigenvalue weighted by Gasteiger charge is -2.12. The monoisotopic (exact) mass is 341 g/mol. The normalized spacial score (nSPS) is 10.4. The van der Waals surface area contributed by atoms with Crippen LogP contribution in [0.3, 0.4) is 0 Å². The Balaban J connectivity index is 2.01. The highest BCUT2D eigenvalue weighted by atomic mass is 16.5. The zero-order chi connectivity index (χ0) is 18.2. The van der Waals surface area contributed by atoms with Gasteiger partial charge in [0.15, 0.2) is 11.5 Å². The van der Waals surface area contributed by atoms with Crippen LogP contribution in [0.15, 0.2) is 36.4 Å². The number of hydrogen-bond acceptors (Lipinski definition) is 3. The molecule has 1 N–H and O–H groups in total. The van der Waals surface area contributed by atoms with Gasteiger partial charge in [0, 0.05) is 6.54 Å². The second-order valence-electron chi connectivity index (χ2n) is 5.95. The van der Waals surface area contributed by atoms with Crippen molar-refractivity contribution in [2.24, 2.45) is 0 Å². The molecule has 0 saturated heterocycles. The minimum Gasteiger partial charge on any atom is -0.493 e. The standard InChI is InChI=1S/C21H27NO3/c1-5-15-7-9-17(6-2)18(11-15)14-22-21(23)13-16-8-10-19(24-3)20(12-16)25-4/h7-12H,5-6,13-14H2,1-4H3,(H,22,23). The van der Waals surface area contributed by atoms with Crippen LogP contribution in [-0.2, 0) is 30.6 Å². The van der Waals surface area contributed by atoms with Gasteiger partial charge >= 0.3 is 0 Å². The van der Waals surface area contributed by atoms with E-state index in [4.69, 9.17) is 9.47 Å². The van der Waals surface area contributed by atoms with Gasteiger partial charge in [-0.05, 0) is 47.2 Å². The average Bonchev–Trinajstić information content (AvgIpc) is 2.65. The molecule has 2 rings (SSSR count). The third kappa shape index (κ3) is 4.99. The van der Waals surface area contributed by atoms with Crippen molar-refractivity contribution in [2.75, 3.05) is 14.2 Å². The molecule has 0 aromatic heterocycles. The fraction of sp³-hybridized carbons (Fsp3) is 0.381. The van der Waals surface area contributed by atoms with Crippen LogP contribution in [0.25, 0.3) is 0 Å². The molecule has 0 aliphatic rings. The molecule has 4 nitrogen and oxygen atoms in total. The van der Waals surface area contributed by atoms with Gasteiger partial charge in [0.2, 0.25) is 5.91 Å². The number of carbonyl (C=O) groups excluding carboxylic acids is 1. The fourth-order valence-corrected chi connectivity index (χ4v) is 2.84. The number of aryl methyl sites for hydroxylation is 2. The first kappa shape index (κ1) is 18.8. The SMILES string of the molecule is CCc1ccc(CC)c(CNC(=O)Cc2ccc(OC)c(OC)c2)c1. The summed E-state index contributed by atoms with van der Waals surface area (Å²) in [6, 6.07) is 12.1. The summed E-state index contributed by atoms with van der Waals surface area (Å²) in [6.45, 7) is 4.83. The molecule has 0 unspecified atom stereocenters. The predicted molar refractivity (Wildman–Crippen MR) is 100 cm³/mol. The first-order chi connectivity index (χ1) is 12.1. The highest BCUT2D eigenvalue weighted by molar-refractivity contribution is 5.78. The van der Waals surface area contributed by atoms with Crippen LogP contribution in [0, 0.1) is 0 Å². The van der Waals surface area contributed by atoms with Crippen molar-refractivity contribution in [3.63, 3.8) is 0 Å². The van der Waals surface area contributed by atoms with E-state index < -0.39 is 0 Å². The molecule has 25 heavy (non-hydrogen) atoms. The van der Waals surface area contributed by atoms with Crippen molar-refractivity contribution in [3.05, 3.63) is 58.7 Å². The van der Waals surface area contributed by atoms with Crippen LogP contribution >= 0.6 is 0 Å². The molecule has 0 radical (unpaired) electrons. The summed E-state index contributed by atoms with van der Waals surface area (Å²) in [5, 5.41) is 3.03. The van der Waals surface area contributed by atoms with Crippen molar-refractivity contribution in [1.82, 2.24) is 5.32 Å². The maximum absolute atomic E-state index is 12.3. The molecule has 134 valence electrons. The van der Waals surface area contributed by atoms with Gasteiger partial charge in [0.05, 0.1) is 20.6 Å². The highest BCUT2D eigenvalue weighted by Crippen LogP contribution is 2.27. The molecular formula is C21H27NO3. The average molecular weight is 341 g/mol. The Morgan fingerprint density at radius 2 is 1.60 bits per heavy atom. The van der Waals surface area contributed by atoms with Crippen molar-refractivity contribution in [3.8, 4) is 11.5 Å². The molecule has 0 fully saturated rings. The van der Waals surface area contributed by atoms with E-state index in [2.05, 4.69) is 37.4 Å². The first-order valence-electron chi connectivity index (χ1n) is 8.69. The Bertz CT molecular complexity index is 725. The van der Waals surface area contributed by atoms with E-state index in [0.717, 1.165) is 18.4 Å². The summed E-state index contributed by atoms with van der Waals surface area (Å²) < 4.78 is 10.5. The zero-order valence-corrected chi connectivity index (χ0v) is 15.5. The molecule has 0 atom stereocenters. The summed E-state index contributed by atoms with van der Waals surface area (Å²) in [4.78, 5) is 12.3. The van der Waals surface area contributed by atoms with Gasteiger partial charge in [0.1, 0.15) is 0 Å². The summed E-state index contributed by atoms with van der Waals surface area (Å²) in [5.41, 5.74) is 4.67. The lowest BCUT2D eigenvalue weighted by atomic mass is 10.0. The van der Waals surface area contributed by atoms with Gasteiger partial charge in [-0.1, -0.05) is 38.1 Å². The van der Waals surface area contributed by atoms with Crippen LogP contribution < -0.4 is 14.8 Å². The molecule has 1 amide bonds. The molecule has 0 bridgehead atoms. The highest BCUT2D eigenvalue weighted by Gasteiger charge is 2.09. The van der Waals surface area contributed by atoms with Crippen molar-refractivity contribution >= 4 is 5.91 Å². The quantitative estimate of drug-likeness (QED) is 0.797. The van der Waals surface area contributed by atoms with E-state index in [-0.39, 0.29) is 5.91 Å². The predicted octanol–water partition coefficient (Wildman–Crippen LogP) is 3.69. The third-order valence-electron chi connectivity index (χ3n) is 4.35. The maximum Gasteiger partial charge on any atom is 0.224 e. The molecule has 2 aromatic rings. The van der Waals surface area contributed by atoms with E-state index in [1.54, 1.807) is 14.2 Å². The van der Waals surface area contributed by atoms with Gasteiger partial charge in [-0.25, -0.2) is 0 Å². The van der Waals surface area contributed by atoms with Crippen LogP contribution in [0.2, 0.25) is 0 Å². The molecule has 4 heteroatoms. The van der Waals surface area contributed by atoms with Crippen molar-refractivity contribution in [1.29, 1.82) is 0 Å². The number of rotatable bonds is 8. The lowest BCUT2D eigenvalue weighted by Crippen LogP contribution is -2.25. The minimum absolute atomic E-state index is 0.00354. The van der Waals surface area contributed by atoms with Crippen LogP contribution in [0.4, 0.5) is 0 Å². The van der Waals surface area contributed by atoms with Gasteiger partial charge in [-0.3, -0.25) is 4.79 Å². The number of hydrogen-bond donors (Lipinski definition) is 1. The third-order valence-corrected chi connectivity index (χ3v) is 4.35.